The van der Waals surface area contributed by atoms with Crippen molar-refractivity contribution < 1.29 is 18.8 Å². The van der Waals surface area contributed by atoms with E-state index in [1.807, 2.05) is 0 Å². The summed E-state index contributed by atoms with van der Waals surface area (Å²) >= 11 is 0. The second kappa shape index (κ2) is 9.22. The summed E-state index contributed by atoms with van der Waals surface area (Å²) in [6, 6.07) is 14.8. The van der Waals surface area contributed by atoms with Crippen LogP contribution in [0.2, 0.25) is 0 Å². The van der Waals surface area contributed by atoms with Gasteiger partial charge in [-0.25, -0.2) is 14.1 Å². The number of pyridine rings is 1. The third-order valence-electron chi connectivity index (χ3n) is 4.68. The molecule has 0 unspecified atom stereocenters. The van der Waals surface area contributed by atoms with Crippen LogP contribution in [0.1, 0.15) is 21.7 Å². The Bertz CT molecular complexity index is 1310. The number of benzene rings is 2. The summed E-state index contributed by atoms with van der Waals surface area (Å²) in [5, 5.41) is 21.6. The molecule has 2 heterocycles. The highest BCUT2D eigenvalue weighted by Gasteiger charge is 2.18. The van der Waals surface area contributed by atoms with Gasteiger partial charge >= 0.3 is 0 Å². The molecule has 0 fully saturated rings. The Morgan fingerprint density at radius 3 is 2.67 bits per heavy atom. The fraction of sp³-hybridized carbons (Fsp3) is 0.0909. The van der Waals surface area contributed by atoms with Crippen molar-refractivity contribution in [3.8, 4) is 17.3 Å². The van der Waals surface area contributed by atoms with Crippen molar-refractivity contribution in [2.45, 2.75) is 13.5 Å². The maximum Gasteiger partial charge on any atom is 0.274 e. The van der Waals surface area contributed by atoms with Crippen LogP contribution in [0.25, 0.3) is 5.69 Å². The lowest BCUT2D eigenvalue weighted by atomic mass is 10.2. The Labute approximate surface area is 186 Å². The van der Waals surface area contributed by atoms with Gasteiger partial charge in [-0.3, -0.25) is 14.9 Å². The number of rotatable bonds is 7. The van der Waals surface area contributed by atoms with Crippen molar-refractivity contribution in [1.29, 1.82) is 0 Å². The topological polar surface area (TPSA) is 125 Å². The molecule has 10 nitrogen and oxygen atoms in total. The number of aromatic nitrogens is 4. The van der Waals surface area contributed by atoms with Crippen LogP contribution in [0.15, 0.2) is 66.9 Å². The number of carbonyl (C=O) groups is 1. The molecule has 0 aliphatic carbocycles. The highest BCUT2D eigenvalue weighted by atomic mass is 19.1. The fourth-order valence-electron chi connectivity index (χ4n) is 2.99. The molecule has 0 radical (unpaired) electrons. The molecule has 0 bridgehead atoms. The minimum atomic E-state index is -0.507. The first-order valence-electron chi connectivity index (χ1n) is 9.74. The lowest BCUT2D eigenvalue weighted by Gasteiger charge is -2.07. The Kier molecular flexibility index (Phi) is 6.02. The van der Waals surface area contributed by atoms with Gasteiger partial charge in [0.15, 0.2) is 5.69 Å². The zero-order valence-corrected chi connectivity index (χ0v) is 17.3. The molecule has 11 heteroatoms. The van der Waals surface area contributed by atoms with E-state index < -0.39 is 10.8 Å². The van der Waals surface area contributed by atoms with E-state index in [0.29, 0.717) is 23.0 Å². The van der Waals surface area contributed by atoms with E-state index in [-0.39, 0.29) is 23.7 Å². The Hall–Kier alpha value is -4.67. The second-order valence-corrected chi connectivity index (χ2v) is 6.96. The Morgan fingerprint density at radius 2 is 1.97 bits per heavy atom. The first kappa shape index (κ1) is 21.6. The van der Waals surface area contributed by atoms with Gasteiger partial charge in [0.2, 0.25) is 5.88 Å². The van der Waals surface area contributed by atoms with E-state index in [0.717, 1.165) is 5.56 Å². The summed E-state index contributed by atoms with van der Waals surface area (Å²) in [5.41, 5.74) is 1.60. The minimum absolute atomic E-state index is 0.0900. The third kappa shape index (κ3) is 4.98. The summed E-state index contributed by atoms with van der Waals surface area (Å²) in [5.74, 6) is -0.0303. The molecule has 0 saturated carbocycles. The van der Waals surface area contributed by atoms with Crippen molar-refractivity contribution in [3.63, 3.8) is 0 Å². The normalized spacial score (nSPS) is 10.6. The van der Waals surface area contributed by atoms with Crippen LogP contribution in [0.3, 0.4) is 0 Å². The number of ether oxygens (including phenoxy) is 1. The smallest absolute Gasteiger partial charge is 0.274 e. The monoisotopic (exact) mass is 448 g/mol. The number of nitro groups is 1. The highest BCUT2D eigenvalue weighted by Crippen LogP contribution is 2.20. The molecule has 1 N–H and O–H groups in total. The molecular weight excluding hydrogens is 431 g/mol. The fourth-order valence-corrected chi connectivity index (χ4v) is 2.99. The number of nitro benzene ring substituents is 1. The molecular formula is C22H17FN6O4. The molecule has 0 spiro atoms. The number of hydrogen-bond acceptors (Lipinski definition) is 7. The van der Waals surface area contributed by atoms with Gasteiger partial charge in [-0.2, -0.15) is 0 Å². The molecule has 1 amide bonds. The predicted octanol–water partition coefficient (Wildman–Crippen LogP) is 3.74. The lowest BCUT2D eigenvalue weighted by Crippen LogP contribution is -2.24. The molecule has 0 aliphatic heterocycles. The van der Waals surface area contributed by atoms with Crippen molar-refractivity contribution in [3.05, 3.63) is 99.7 Å². The first-order chi connectivity index (χ1) is 15.9. The predicted molar refractivity (Wildman–Crippen MR) is 115 cm³/mol. The maximum absolute atomic E-state index is 13.0. The van der Waals surface area contributed by atoms with Gasteiger partial charge in [0, 0.05) is 30.9 Å². The average molecular weight is 448 g/mol. The molecule has 2 aromatic carbocycles. The maximum atomic E-state index is 13.0. The number of hydrogen-bond donors (Lipinski definition) is 1. The number of carbonyl (C=O) groups excluding carboxylic acids is 1. The molecule has 0 aliphatic rings. The van der Waals surface area contributed by atoms with Crippen LogP contribution < -0.4 is 10.1 Å². The van der Waals surface area contributed by atoms with Crippen molar-refractivity contribution in [2.24, 2.45) is 0 Å². The molecule has 166 valence electrons. The van der Waals surface area contributed by atoms with E-state index >= 15 is 0 Å². The molecule has 0 atom stereocenters. The first-order valence-corrected chi connectivity index (χ1v) is 9.74. The zero-order chi connectivity index (χ0) is 23.4. The highest BCUT2D eigenvalue weighted by molar-refractivity contribution is 5.93. The van der Waals surface area contributed by atoms with Crippen LogP contribution in [0, 0.1) is 22.9 Å². The SMILES string of the molecule is Cc1c(C(=O)NCc2ccc(Oc3ccc(F)cc3)nc2)nnn1-c1cccc([N+](=O)[O-])c1. The molecule has 2 aromatic heterocycles. The van der Waals surface area contributed by atoms with Gasteiger partial charge in [0.05, 0.1) is 16.3 Å². The van der Waals surface area contributed by atoms with E-state index in [2.05, 4.69) is 20.6 Å². The minimum Gasteiger partial charge on any atom is -0.439 e. The van der Waals surface area contributed by atoms with E-state index in [1.54, 1.807) is 31.3 Å². The molecule has 4 aromatic rings. The van der Waals surface area contributed by atoms with Crippen LogP contribution >= 0.6 is 0 Å². The number of halogens is 1. The van der Waals surface area contributed by atoms with Gasteiger partial charge < -0.3 is 10.1 Å². The third-order valence-corrected chi connectivity index (χ3v) is 4.68. The summed E-state index contributed by atoms with van der Waals surface area (Å²) in [7, 11) is 0. The second-order valence-electron chi connectivity index (χ2n) is 6.96. The van der Waals surface area contributed by atoms with Crippen molar-refractivity contribution in [1.82, 2.24) is 25.3 Å². The summed E-state index contributed by atoms with van der Waals surface area (Å²) < 4.78 is 19.9. The van der Waals surface area contributed by atoms with E-state index in [4.69, 9.17) is 4.74 Å². The number of nitrogens with one attached hydrogen (secondary N) is 1. The summed E-state index contributed by atoms with van der Waals surface area (Å²) in [4.78, 5) is 27.3. The van der Waals surface area contributed by atoms with Gasteiger partial charge in [-0.05, 0) is 42.8 Å². The van der Waals surface area contributed by atoms with Crippen LogP contribution in [0.5, 0.6) is 11.6 Å². The van der Waals surface area contributed by atoms with Crippen LogP contribution in [-0.2, 0) is 6.54 Å². The molecule has 4 rings (SSSR count). The van der Waals surface area contributed by atoms with Crippen LogP contribution in [0.4, 0.5) is 10.1 Å². The largest absolute Gasteiger partial charge is 0.439 e. The van der Waals surface area contributed by atoms with Gasteiger partial charge in [0.1, 0.15) is 11.6 Å². The summed E-state index contributed by atoms with van der Waals surface area (Å²) in [6.45, 7) is 1.84. The van der Waals surface area contributed by atoms with Crippen LogP contribution in [-0.4, -0.2) is 30.8 Å². The van der Waals surface area contributed by atoms with Crippen molar-refractivity contribution >= 4 is 11.6 Å². The lowest BCUT2D eigenvalue weighted by molar-refractivity contribution is -0.384. The van der Waals surface area contributed by atoms with Crippen molar-refractivity contribution in [2.75, 3.05) is 0 Å². The van der Waals surface area contributed by atoms with Gasteiger partial charge in [-0.15, -0.1) is 5.10 Å². The van der Waals surface area contributed by atoms with Gasteiger partial charge in [-0.1, -0.05) is 17.3 Å². The number of nitrogens with zero attached hydrogens (tertiary/aromatic N) is 5. The Morgan fingerprint density at radius 1 is 1.18 bits per heavy atom. The van der Waals surface area contributed by atoms with Gasteiger partial charge in [0.25, 0.3) is 11.6 Å². The van der Waals surface area contributed by atoms with E-state index in [1.165, 1.54) is 47.1 Å². The quantitative estimate of drug-likeness (QED) is 0.337. The number of non-ortho nitro benzene ring substituents is 1. The average Bonchev–Trinajstić information content (AvgIpc) is 3.21. The molecule has 33 heavy (non-hydrogen) atoms. The Balaban J connectivity index is 1.39. The zero-order valence-electron chi connectivity index (χ0n) is 17.3. The summed E-state index contributed by atoms with van der Waals surface area (Å²) in [6.07, 6.45) is 1.55. The standard InChI is InChI=1S/C22H17FN6O4/c1-14-21(26-27-28(14)17-3-2-4-18(11-17)29(31)32)22(30)25-13-15-5-10-20(24-12-15)33-19-8-6-16(23)7-9-19/h2-12H,13H2,1H3,(H,25,30). The van der Waals surface area contributed by atoms with E-state index in [9.17, 15) is 19.3 Å². The molecule has 0 saturated heterocycles. The number of amides is 1.